The topological polar surface area (TPSA) is 64.0 Å². The molecular formula is C17H15ClFN3O2S. The summed E-state index contributed by atoms with van der Waals surface area (Å²) in [7, 11) is -3.77. The smallest absolute Gasteiger partial charge is 0.262 e. The normalized spacial score (nSPS) is 11.5. The highest BCUT2D eigenvalue weighted by atomic mass is 35.5. The van der Waals surface area contributed by atoms with Crippen molar-refractivity contribution in [3.63, 3.8) is 0 Å². The lowest BCUT2D eigenvalue weighted by atomic mass is 10.3. The molecular weight excluding hydrogens is 365 g/mol. The molecule has 0 radical (unpaired) electrons. The molecule has 3 rings (SSSR count). The van der Waals surface area contributed by atoms with Crippen LogP contribution in [0, 0.1) is 19.7 Å². The second-order valence-corrected chi connectivity index (χ2v) is 7.61. The average molecular weight is 380 g/mol. The van der Waals surface area contributed by atoms with Crippen molar-refractivity contribution in [3.8, 4) is 5.69 Å². The highest BCUT2D eigenvalue weighted by Gasteiger charge is 2.20. The largest absolute Gasteiger partial charge is 0.276 e. The molecule has 0 aliphatic carbocycles. The van der Waals surface area contributed by atoms with Crippen molar-refractivity contribution < 1.29 is 12.8 Å². The number of sulfonamides is 1. The molecule has 1 aromatic heterocycles. The molecule has 0 amide bonds. The summed E-state index contributed by atoms with van der Waals surface area (Å²) in [4.78, 5) is 0.102. The number of rotatable bonds is 4. The van der Waals surface area contributed by atoms with Crippen LogP contribution in [-0.2, 0) is 10.0 Å². The van der Waals surface area contributed by atoms with E-state index in [2.05, 4.69) is 9.82 Å². The number of anilines is 1. The first kappa shape index (κ1) is 17.4. The van der Waals surface area contributed by atoms with Crippen molar-refractivity contribution in [1.82, 2.24) is 9.78 Å². The van der Waals surface area contributed by atoms with Crippen molar-refractivity contribution in [2.24, 2.45) is 0 Å². The molecule has 0 unspecified atom stereocenters. The molecule has 0 aliphatic heterocycles. The van der Waals surface area contributed by atoms with Crippen LogP contribution >= 0.6 is 11.6 Å². The average Bonchev–Trinajstić information content (AvgIpc) is 2.84. The molecule has 0 fully saturated rings. The van der Waals surface area contributed by atoms with E-state index in [1.165, 1.54) is 36.4 Å². The van der Waals surface area contributed by atoms with Gasteiger partial charge in [-0.1, -0.05) is 11.6 Å². The van der Waals surface area contributed by atoms with E-state index in [0.717, 1.165) is 0 Å². The van der Waals surface area contributed by atoms with E-state index in [1.54, 1.807) is 30.7 Å². The Labute approximate surface area is 150 Å². The fourth-order valence-corrected chi connectivity index (χ4v) is 3.73. The minimum Gasteiger partial charge on any atom is -0.276 e. The van der Waals surface area contributed by atoms with Crippen molar-refractivity contribution in [3.05, 3.63) is 70.8 Å². The van der Waals surface area contributed by atoms with Crippen LogP contribution in [0.3, 0.4) is 0 Å². The van der Waals surface area contributed by atoms with E-state index < -0.39 is 10.0 Å². The number of nitrogens with one attached hydrogen (secondary N) is 1. The van der Waals surface area contributed by atoms with Gasteiger partial charge in [-0.3, -0.25) is 4.72 Å². The first-order valence-electron chi connectivity index (χ1n) is 7.38. The van der Waals surface area contributed by atoms with Crippen molar-refractivity contribution in [1.29, 1.82) is 0 Å². The van der Waals surface area contributed by atoms with E-state index in [4.69, 9.17) is 11.6 Å². The summed E-state index contributed by atoms with van der Waals surface area (Å²) in [5.41, 5.74) is 2.14. The zero-order chi connectivity index (χ0) is 18.2. The summed E-state index contributed by atoms with van der Waals surface area (Å²) in [6, 6.07) is 11.7. The Morgan fingerprint density at radius 3 is 2.24 bits per heavy atom. The van der Waals surface area contributed by atoms with Gasteiger partial charge in [0.15, 0.2) is 0 Å². The summed E-state index contributed by atoms with van der Waals surface area (Å²) in [5, 5.41) is 4.80. The van der Waals surface area contributed by atoms with Crippen molar-refractivity contribution in [2.45, 2.75) is 18.7 Å². The highest BCUT2D eigenvalue weighted by Crippen LogP contribution is 2.26. The van der Waals surface area contributed by atoms with Crippen LogP contribution in [0.25, 0.3) is 5.69 Å². The number of nitrogens with zero attached hydrogens (tertiary/aromatic N) is 2. The molecule has 0 atom stereocenters. The van der Waals surface area contributed by atoms with Gasteiger partial charge < -0.3 is 0 Å². The number of benzene rings is 2. The van der Waals surface area contributed by atoms with Gasteiger partial charge in [-0.05, 0) is 62.4 Å². The molecule has 0 saturated heterocycles. The third kappa shape index (κ3) is 3.52. The van der Waals surface area contributed by atoms with Gasteiger partial charge >= 0.3 is 0 Å². The van der Waals surface area contributed by atoms with E-state index in [1.807, 2.05) is 0 Å². The second-order valence-electron chi connectivity index (χ2n) is 5.49. The molecule has 130 valence electrons. The van der Waals surface area contributed by atoms with Crippen molar-refractivity contribution in [2.75, 3.05) is 4.72 Å². The highest BCUT2D eigenvalue weighted by molar-refractivity contribution is 7.92. The van der Waals surface area contributed by atoms with E-state index in [0.29, 0.717) is 27.8 Å². The van der Waals surface area contributed by atoms with Gasteiger partial charge in [0.1, 0.15) is 5.82 Å². The first-order chi connectivity index (χ1) is 11.8. The third-order valence-corrected chi connectivity index (χ3v) is 5.34. The summed E-state index contributed by atoms with van der Waals surface area (Å²) in [6.07, 6.45) is 0. The third-order valence-electron chi connectivity index (χ3n) is 3.72. The van der Waals surface area contributed by atoms with Gasteiger partial charge in [-0.25, -0.2) is 17.5 Å². The Balaban J connectivity index is 1.98. The lowest BCUT2D eigenvalue weighted by Gasteiger charge is -2.09. The van der Waals surface area contributed by atoms with Gasteiger partial charge in [0.25, 0.3) is 10.0 Å². The number of halogens is 2. The number of aryl methyl sites for hydroxylation is 1. The van der Waals surface area contributed by atoms with Gasteiger partial charge in [0, 0.05) is 5.02 Å². The summed E-state index contributed by atoms with van der Waals surface area (Å²) in [5.74, 6) is -0.353. The molecule has 1 heterocycles. The second kappa shape index (κ2) is 6.50. The SMILES string of the molecule is Cc1nn(-c2ccc(F)cc2)c(C)c1NS(=O)(=O)c1ccc(Cl)cc1. The molecule has 0 saturated carbocycles. The Morgan fingerprint density at radius 1 is 1.04 bits per heavy atom. The predicted octanol–water partition coefficient (Wildman–Crippen LogP) is 4.08. The molecule has 0 aliphatic rings. The monoisotopic (exact) mass is 379 g/mol. The number of hydrogen-bond acceptors (Lipinski definition) is 3. The number of aromatic nitrogens is 2. The van der Waals surface area contributed by atoms with Crippen LogP contribution in [0.1, 0.15) is 11.4 Å². The van der Waals surface area contributed by atoms with Gasteiger partial charge in [-0.2, -0.15) is 5.10 Å². The van der Waals surface area contributed by atoms with E-state index >= 15 is 0 Å². The molecule has 1 N–H and O–H groups in total. The summed E-state index contributed by atoms with van der Waals surface area (Å²) >= 11 is 5.80. The molecule has 2 aromatic carbocycles. The molecule has 0 bridgehead atoms. The minimum absolute atomic E-state index is 0.102. The van der Waals surface area contributed by atoms with Crippen LogP contribution in [0.4, 0.5) is 10.1 Å². The minimum atomic E-state index is -3.77. The van der Waals surface area contributed by atoms with E-state index in [-0.39, 0.29) is 10.7 Å². The van der Waals surface area contributed by atoms with Crippen LogP contribution in [0.15, 0.2) is 53.4 Å². The van der Waals surface area contributed by atoms with Crippen LogP contribution < -0.4 is 4.72 Å². The lowest BCUT2D eigenvalue weighted by Crippen LogP contribution is -2.14. The first-order valence-corrected chi connectivity index (χ1v) is 9.24. The molecule has 25 heavy (non-hydrogen) atoms. The zero-order valence-corrected chi connectivity index (χ0v) is 15.1. The molecule has 3 aromatic rings. The van der Waals surface area contributed by atoms with Gasteiger partial charge in [-0.15, -0.1) is 0 Å². The Morgan fingerprint density at radius 2 is 1.64 bits per heavy atom. The number of hydrogen-bond donors (Lipinski definition) is 1. The Bertz CT molecular complexity index is 1010. The molecule has 8 heteroatoms. The fourth-order valence-electron chi connectivity index (χ4n) is 2.43. The van der Waals surface area contributed by atoms with Crippen LogP contribution in [0.5, 0.6) is 0 Å². The Kier molecular flexibility index (Phi) is 4.53. The summed E-state index contributed by atoms with van der Waals surface area (Å²) < 4.78 is 42.4. The summed E-state index contributed by atoms with van der Waals surface area (Å²) in [6.45, 7) is 3.44. The maximum absolute atomic E-state index is 13.1. The molecule has 0 spiro atoms. The quantitative estimate of drug-likeness (QED) is 0.742. The van der Waals surface area contributed by atoms with Crippen LogP contribution in [-0.4, -0.2) is 18.2 Å². The van der Waals surface area contributed by atoms with Crippen LogP contribution in [0.2, 0.25) is 5.02 Å². The maximum Gasteiger partial charge on any atom is 0.262 e. The van der Waals surface area contributed by atoms with E-state index in [9.17, 15) is 12.8 Å². The van der Waals surface area contributed by atoms with Gasteiger partial charge in [0.05, 0.1) is 27.7 Å². The maximum atomic E-state index is 13.1. The fraction of sp³-hybridized carbons (Fsp3) is 0.118. The zero-order valence-electron chi connectivity index (χ0n) is 13.5. The lowest BCUT2D eigenvalue weighted by molar-refractivity contribution is 0.601. The van der Waals surface area contributed by atoms with Crippen molar-refractivity contribution >= 4 is 27.3 Å². The Hall–Kier alpha value is -2.38. The van der Waals surface area contributed by atoms with Gasteiger partial charge in [0.2, 0.25) is 0 Å². The standard InChI is InChI=1S/C17H15ClFN3O2S/c1-11-17(21-25(23,24)16-9-3-13(18)4-10-16)12(2)22(20-11)15-7-5-14(19)6-8-15/h3-10,21H,1-2H3. The predicted molar refractivity (Wildman–Crippen MR) is 95.3 cm³/mol. The molecule has 5 nitrogen and oxygen atoms in total.